The molecule has 0 atom stereocenters. The van der Waals surface area contributed by atoms with Gasteiger partial charge in [0.2, 0.25) is 10.0 Å². The molecule has 1 aromatic heterocycles. The van der Waals surface area contributed by atoms with Gasteiger partial charge in [-0.2, -0.15) is 4.31 Å². The lowest BCUT2D eigenvalue weighted by molar-refractivity contribution is 0.126. The first-order valence-corrected chi connectivity index (χ1v) is 7.74. The Morgan fingerprint density at radius 1 is 1.50 bits per heavy atom. The Morgan fingerprint density at radius 3 is 2.65 bits per heavy atom. The highest BCUT2D eigenvalue weighted by atomic mass is 35.5. The predicted molar refractivity (Wildman–Crippen MR) is 73.8 cm³/mol. The Morgan fingerprint density at radius 2 is 2.15 bits per heavy atom. The van der Waals surface area contributed by atoms with Crippen LogP contribution in [0.1, 0.15) is 13.3 Å². The maximum absolute atomic E-state index is 12.3. The number of pyridine rings is 1. The zero-order chi connectivity index (χ0) is 15.3. The quantitative estimate of drug-likeness (QED) is 0.835. The fourth-order valence-corrected chi connectivity index (χ4v) is 2.83. The van der Waals surface area contributed by atoms with Crippen molar-refractivity contribution in [1.82, 2.24) is 9.29 Å². The van der Waals surface area contributed by atoms with Gasteiger partial charge in [-0.25, -0.2) is 22.2 Å². The number of nitrogens with zero attached hydrogens (tertiary/aromatic N) is 2. The van der Waals surface area contributed by atoms with Crippen LogP contribution < -0.4 is 5.32 Å². The Hall–Kier alpha value is -0.990. The largest absolute Gasteiger partial charge is 0.369 e. The van der Waals surface area contributed by atoms with Gasteiger partial charge >= 0.3 is 0 Å². The van der Waals surface area contributed by atoms with Crippen LogP contribution in [-0.4, -0.2) is 44.3 Å². The molecule has 0 bridgehead atoms. The number of alkyl halides is 2. The smallest absolute Gasteiger partial charge is 0.252 e. The second-order valence-electron chi connectivity index (χ2n) is 4.10. The van der Waals surface area contributed by atoms with Gasteiger partial charge in [-0.1, -0.05) is 18.5 Å². The SMILES string of the molecule is CCCNc1ncc(S(=O)(=O)N(C)CC(F)F)cc1Cl. The van der Waals surface area contributed by atoms with E-state index in [1.54, 1.807) is 0 Å². The van der Waals surface area contributed by atoms with Crippen molar-refractivity contribution < 1.29 is 17.2 Å². The van der Waals surface area contributed by atoms with Gasteiger partial charge in [0.25, 0.3) is 6.43 Å². The monoisotopic (exact) mass is 327 g/mol. The molecule has 0 amide bonds. The molecule has 5 nitrogen and oxygen atoms in total. The van der Waals surface area contributed by atoms with Crippen molar-refractivity contribution in [2.24, 2.45) is 0 Å². The van der Waals surface area contributed by atoms with Crippen molar-refractivity contribution in [3.05, 3.63) is 17.3 Å². The highest BCUT2D eigenvalue weighted by Gasteiger charge is 2.24. The standard InChI is InChI=1S/C11H16ClF2N3O2S/c1-3-4-15-11-9(12)5-8(6-16-11)20(18,19)17(2)7-10(13)14/h5-6,10H,3-4,7H2,1-2H3,(H,15,16). The molecular formula is C11H16ClF2N3O2S. The summed E-state index contributed by atoms with van der Waals surface area (Å²) in [6.07, 6.45) is -0.792. The summed E-state index contributed by atoms with van der Waals surface area (Å²) in [5, 5.41) is 3.06. The summed E-state index contributed by atoms with van der Waals surface area (Å²) in [5.41, 5.74) is 0. The average molecular weight is 328 g/mol. The van der Waals surface area contributed by atoms with Crippen molar-refractivity contribution in [1.29, 1.82) is 0 Å². The van der Waals surface area contributed by atoms with E-state index >= 15 is 0 Å². The van der Waals surface area contributed by atoms with Crippen LogP contribution in [0.3, 0.4) is 0 Å². The molecule has 0 aliphatic carbocycles. The lowest BCUT2D eigenvalue weighted by Crippen LogP contribution is -2.31. The molecule has 0 radical (unpaired) electrons. The van der Waals surface area contributed by atoms with E-state index in [-0.39, 0.29) is 9.92 Å². The molecule has 0 fully saturated rings. The minimum Gasteiger partial charge on any atom is -0.369 e. The van der Waals surface area contributed by atoms with E-state index < -0.39 is 23.0 Å². The Balaban J connectivity index is 2.99. The first-order chi connectivity index (χ1) is 9.28. The number of nitrogens with one attached hydrogen (secondary N) is 1. The summed E-state index contributed by atoms with van der Waals surface area (Å²) in [4.78, 5) is 3.69. The number of hydrogen-bond donors (Lipinski definition) is 1. The zero-order valence-corrected chi connectivity index (χ0v) is 12.7. The summed E-state index contributed by atoms with van der Waals surface area (Å²) in [6, 6.07) is 1.20. The third-order valence-corrected chi connectivity index (χ3v) is 4.54. The maximum atomic E-state index is 12.3. The summed E-state index contributed by atoms with van der Waals surface area (Å²) < 4.78 is 49.1. The fraction of sp³-hybridized carbons (Fsp3) is 0.545. The molecule has 0 aliphatic heterocycles. The molecular weight excluding hydrogens is 312 g/mol. The minimum absolute atomic E-state index is 0.130. The van der Waals surface area contributed by atoms with Crippen molar-refractivity contribution in [2.75, 3.05) is 25.5 Å². The fourth-order valence-electron chi connectivity index (χ4n) is 1.41. The Labute approximate surface area is 122 Å². The van der Waals surface area contributed by atoms with E-state index in [4.69, 9.17) is 11.6 Å². The van der Waals surface area contributed by atoms with Crippen molar-refractivity contribution >= 4 is 27.4 Å². The van der Waals surface area contributed by atoms with E-state index in [0.29, 0.717) is 16.7 Å². The van der Waals surface area contributed by atoms with Gasteiger partial charge in [0.1, 0.15) is 10.7 Å². The first kappa shape index (κ1) is 17.1. The molecule has 0 unspecified atom stereocenters. The predicted octanol–water partition coefficient (Wildman–Crippen LogP) is 2.44. The maximum Gasteiger partial charge on any atom is 0.252 e. The van der Waals surface area contributed by atoms with Crippen LogP contribution in [0.15, 0.2) is 17.2 Å². The van der Waals surface area contributed by atoms with Gasteiger partial charge in [0.15, 0.2) is 0 Å². The number of hydrogen-bond acceptors (Lipinski definition) is 4. The van der Waals surface area contributed by atoms with Crippen LogP contribution in [-0.2, 0) is 10.0 Å². The average Bonchev–Trinajstić information content (AvgIpc) is 2.36. The van der Waals surface area contributed by atoms with E-state index in [2.05, 4.69) is 10.3 Å². The molecule has 0 saturated heterocycles. The number of aromatic nitrogens is 1. The van der Waals surface area contributed by atoms with Crippen molar-refractivity contribution in [3.63, 3.8) is 0 Å². The normalized spacial score (nSPS) is 12.2. The van der Waals surface area contributed by atoms with Crippen molar-refractivity contribution in [3.8, 4) is 0 Å². The van der Waals surface area contributed by atoms with E-state index in [0.717, 1.165) is 19.7 Å². The second kappa shape index (κ2) is 7.14. The molecule has 1 N–H and O–H groups in total. The molecule has 1 aromatic rings. The van der Waals surface area contributed by atoms with Crippen LogP contribution >= 0.6 is 11.6 Å². The number of halogens is 3. The lowest BCUT2D eigenvalue weighted by atomic mass is 10.4. The Bertz CT molecular complexity index is 555. The molecule has 1 rings (SSSR count). The molecule has 0 spiro atoms. The molecule has 0 saturated carbocycles. The third kappa shape index (κ3) is 4.26. The highest BCUT2D eigenvalue weighted by molar-refractivity contribution is 7.89. The number of rotatable bonds is 7. The van der Waals surface area contributed by atoms with Crippen LogP contribution in [0.5, 0.6) is 0 Å². The van der Waals surface area contributed by atoms with Gasteiger partial charge in [-0.3, -0.25) is 0 Å². The number of sulfonamides is 1. The minimum atomic E-state index is -4.02. The third-order valence-electron chi connectivity index (χ3n) is 2.46. The van der Waals surface area contributed by atoms with Gasteiger partial charge in [0.05, 0.1) is 11.6 Å². The molecule has 0 aromatic carbocycles. The number of anilines is 1. The van der Waals surface area contributed by atoms with Crippen LogP contribution in [0.25, 0.3) is 0 Å². The van der Waals surface area contributed by atoms with Gasteiger partial charge < -0.3 is 5.32 Å². The van der Waals surface area contributed by atoms with E-state index in [9.17, 15) is 17.2 Å². The summed E-state index contributed by atoms with van der Waals surface area (Å²) >= 11 is 5.93. The second-order valence-corrected chi connectivity index (χ2v) is 6.56. The van der Waals surface area contributed by atoms with Crippen molar-refractivity contribution in [2.45, 2.75) is 24.7 Å². The molecule has 0 aliphatic rings. The van der Waals surface area contributed by atoms with Gasteiger partial charge in [0, 0.05) is 19.8 Å². The van der Waals surface area contributed by atoms with Crippen LogP contribution in [0.4, 0.5) is 14.6 Å². The molecule has 1 heterocycles. The molecule has 114 valence electrons. The van der Waals surface area contributed by atoms with Crippen LogP contribution in [0, 0.1) is 0 Å². The summed E-state index contributed by atoms with van der Waals surface area (Å²) in [7, 11) is -2.93. The summed E-state index contributed by atoms with van der Waals surface area (Å²) in [5.74, 6) is 0.365. The summed E-state index contributed by atoms with van der Waals surface area (Å²) in [6.45, 7) is 1.72. The topological polar surface area (TPSA) is 62.3 Å². The van der Waals surface area contributed by atoms with Crippen LogP contribution in [0.2, 0.25) is 5.02 Å². The van der Waals surface area contributed by atoms with E-state index in [1.807, 2.05) is 6.92 Å². The van der Waals surface area contributed by atoms with Gasteiger partial charge in [-0.15, -0.1) is 0 Å². The lowest BCUT2D eigenvalue weighted by Gasteiger charge is -2.17. The molecule has 9 heteroatoms. The first-order valence-electron chi connectivity index (χ1n) is 5.93. The molecule has 20 heavy (non-hydrogen) atoms. The zero-order valence-electron chi connectivity index (χ0n) is 11.1. The van der Waals surface area contributed by atoms with E-state index in [1.165, 1.54) is 6.07 Å². The highest BCUT2D eigenvalue weighted by Crippen LogP contribution is 2.24. The Kier molecular flexibility index (Phi) is 6.09. The van der Waals surface area contributed by atoms with Gasteiger partial charge in [-0.05, 0) is 12.5 Å².